The van der Waals surface area contributed by atoms with Crippen molar-refractivity contribution in [3.8, 4) is 0 Å². The smallest absolute Gasteiger partial charge is 0.228 e. The first-order valence-corrected chi connectivity index (χ1v) is 7.33. The van der Waals surface area contributed by atoms with E-state index in [4.69, 9.17) is 11.6 Å². The van der Waals surface area contributed by atoms with Crippen molar-refractivity contribution in [1.29, 1.82) is 0 Å². The minimum atomic E-state index is 0.0907. The lowest BCUT2D eigenvalue weighted by Gasteiger charge is -2.11. The second-order valence-corrected chi connectivity index (χ2v) is 6.00. The summed E-state index contributed by atoms with van der Waals surface area (Å²) in [4.78, 5) is 11.9. The third kappa shape index (κ3) is 2.73. The number of rotatable bonds is 2. The van der Waals surface area contributed by atoms with Crippen LogP contribution in [0.4, 0.5) is 5.69 Å². The van der Waals surface area contributed by atoms with Crippen LogP contribution in [0.25, 0.3) is 0 Å². The highest BCUT2D eigenvalue weighted by atomic mass is 79.9. The van der Waals surface area contributed by atoms with Crippen LogP contribution in [-0.4, -0.2) is 17.4 Å². The standard InChI is InChI=1S/C11H11BrClNOS/c12-10-8(13)2-1-3-9(10)14-11(15)7-4-5-16-6-7/h1-3,7H,4-6H2,(H,14,15). The van der Waals surface area contributed by atoms with Gasteiger partial charge in [-0.15, -0.1) is 0 Å². The van der Waals surface area contributed by atoms with E-state index in [1.807, 2.05) is 23.9 Å². The highest BCUT2D eigenvalue weighted by molar-refractivity contribution is 9.10. The van der Waals surface area contributed by atoms with Gasteiger partial charge < -0.3 is 5.32 Å². The van der Waals surface area contributed by atoms with Gasteiger partial charge >= 0.3 is 0 Å². The van der Waals surface area contributed by atoms with Crippen LogP contribution in [0, 0.1) is 5.92 Å². The zero-order valence-electron chi connectivity index (χ0n) is 8.50. The lowest BCUT2D eigenvalue weighted by molar-refractivity contribution is -0.119. The summed E-state index contributed by atoms with van der Waals surface area (Å²) in [5, 5.41) is 3.52. The van der Waals surface area contributed by atoms with E-state index in [9.17, 15) is 4.79 Å². The second-order valence-electron chi connectivity index (χ2n) is 3.65. The number of amides is 1. The van der Waals surface area contributed by atoms with Gasteiger partial charge in [0.2, 0.25) is 5.91 Å². The molecule has 0 aliphatic carbocycles. The van der Waals surface area contributed by atoms with Gasteiger partial charge in [-0.25, -0.2) is 0 Å². The first kappa shape index (κ1) is 12.3. The molecule has 1 aromatic carbocycles. The molecule has 1 aliphatic rings. The summed E-state index contributed by atoms with van der Waals surface area (Å²) in [6.45, 7) is 0. The molecule has 1 aromatic rings. The Kier molecular flexibility index (Phi) is 4.16. The van der Waals surface area contributed by atoms with Crippen LogP contribution in [0.15, 0.2) is 22.7 Å². The number of carbonyl (C=O) groups excluding carboxylic acids is 1. The van der Waals surface area contributed by atoms with E-state index in [2.05, 4.69) is 21.2 Å². The maximum absolute atomic E-state index is 11.9. The SMILES string of the molecule is O=C(Nc1cccc(Cl)c1Br)C1CCSC1. The number of halogens is 2. The lowest BCUT2D eigenvalue weighted by Crippen LogP contribution is -2.22. The predicted molar refractivity (Wildman–Crippen MR) is 73.2 cm³/mol. The maximum Gasteiger partial charge on any atom is 0.228 e. The molecule has 0 aromatic heterocycles. The predicted octanol–water partition coefficient (Wildman–Crippen LogP) is 3.79. The Labute approximate surface area is 112 Å². The van der Waals surface area contributed by atoms with Gasteiger partial charge in [-0.2, -0.15) is 11.8 Å². The fourth-order valence-corrected chi connectivity index (χ4v) is 3.33. The van der Waals surface area contributed by atoms with E-state index in [1.54, 1.807) is 6.07 Å². The molecule has 1 N–H and O–H groups in total. The van der Waals surface area contributed by atoms with Crippen molar-refractivity contribution >= 4 is 50.9 Å². The van der Waals surface area contributed by atoms with Crippen molar-refractivity contribution in [3.63, 3.8) is 0 Å². The molecule has 0 radical (unpaired) electrons. The third-order valence-electron chi connectivity index (χ3n) is 2.51. The number of nitrogens with one attached hydrogen (secondary N) is 1. The van der Waals surface area contributed by atoms with Crippen LogP contribution in [0.2, 0.25) is 5.02 Å². The van der Waals surface area contributed by atoms with Crippen molar-refractivity contribution < 1.29 is 4.79 Å². The summed E-state index contributed by atoms with van der Waals surface area (Å²) in [7, 11) is 0. The van der Waals surface area contributed by atoms with E-state index in [1.165, 1.54) is 0 Å². The molecule has 1 unspecified atom stereocenters. The van der Waals surface area contributed by atoms with E-state index in [0.717, 1.165) is 28.1 Å². The van der Waals surface area contributed by atoms with Crippen molar-refractivity contribution in [3.05, 3.63) is 27.7 Å². The number of anilines is 1. The second kappa shape index (κ2) is 5.43. The number of hydrogen-bond acceptors (Lipinski definition) is 2. The average Bonchev–Trinajstić information content (AvgIpc) is 2.78. The zero-order valence-corrected chi connectivity index (χ0v) is 11.7. The Hall–Kier alpha value is -0.190. The van der Waals surface area contributed by atoms with Crippen LogP contribution in [0.1, 0.15) is 6.42 Å². The molecular weight excluding hydrogens is 310 g/mol. The van der Waals surface area contributed by atoms with E-state index < -0.39 is 0 Å². The van der Waals surface area contributed by atoms with Gasteiger partial charge in [0.25, 0.3) is 0 Å². The Bertz CT molecular complexity index is 407. The molecule has 1 saturated heterocycles. The fraction of sp³-hybridized carbons (Fsp3) is 0.364. The number of thioether (sulfide) groups is 1. The lowest BCUT2D eigenvalue weighted by atomic mass is 10.1. The van der Waals surface area contributed by atoms with Gasteiger partial charge in [0.15, 0.2) is 0 Å². The quantitative estimate of drug-likeness (QED) is 0.898. The number of hydrogen-bond donors (Lipinski definition) is 1. The highest BCUT2D eigenvalue weighted by Gasteiger charge is 2.23. The van der Waals surface area contributed by atoms with Crippen molar-refractivity contribution in [2.75, 3.05) is 16.8 Å². The van der Waals surface area contributed by atoms with Crippen molar-refractivity contribution in [1.82, 2.24) is 0 Å². The van der Waals surface area contributed by atoms with Gasteiger partial charge in [-0.1, -0.05) is 17.7 Å². The Morgan fingerprint density at radius 1 is 1.56 bits per heavy atom. The minimum absolute atomic E-state index is 0.0907. The van der Waals surface area contributed by atoms with E-state index in [-0.39, 0.29) is 11.8 Å². The van der Waals surface area contributed by atoms with Crippen LogP contribution in [0.5, 0.6) is 0 Å². The van der Waals surface area contributed by atoms with Crippen LogP contribution in [0.3, 0.4) is 0 Å². The monoisotopic (exact) mass is 319 g/mol. The molecular formula is C11H11BrClNOS. The summed E-state index contributed by atoms with van der Waals surface area (Å²) in [5.41, 5.74) is 0.745. The molecule has 1 atom stereocenters. The highest BCUT2D eigenvalue weighted by Crippen LogP contribution is 2.31. The molecule has 1 amide bonds. The molecule has 1 fully saturated rings. The Balaban J connectivity index is 2.08. The van der Waals surface area contributed by atoms with Gasteiger partial charge in [0, 0.05) is 11.7 Å². The molecule has 0 bridgehead atoms. The van der Waals surface area contributed by atoms with Gasteiger partial charge in [-0.3, -0.25) is 4.79 Å². The van der Waals surface area contributed by atoms with Crippen molar-refractivity contribution in [2.45, 2.75) is 6.42 Å². The normalized spacial score (nSPS) is 19.8. The summed E-state index contributed by atoms with van der Waals surface area (Å²) in [6, 6.07) is 5.45. The molecule has 16 heavy (non-hydrogen) atoms. The topological polar surface area (TPSA) is 29.1 Å². The molecule has 1 aliphatic heterocycles. The zero-order chi connectivity index (χ0) is 11.5. The third-order valence-corrected chi connectivity index (χ3v) is 5.07. The summed E-state index contributed by atoms with van der Waals surface area (Å²) in [5.74, 6) is 2.22. The Morgan fingerprint density at radius 2 is 2.38 bits per heavy atom. The molecule has 0 saturated carbocycles. The van der Waals surface area contributed by atoms with E-state index in [0.29, 0.717) is 5.02 Å². The fourth-order valence-electron chi connectivity index (χ4n) is 1.58. The largest absolute Gasteiger partial charge is 0.325 e. The number of benzene rings is 1. The summed E-state index contributed by atoms with van der Waals surface area (Å²) >= 11 is 11.1. The first-order valence-electron chi connectivity index (χ1n) is 5.01. The van der Waals surface area contributed by atoms with Crippen LogP contribution in [-0.2, 0) is 4.79 Å². The molecule has 2 rings (SSSR count). The molecule has 1 heterocycles. The number of carbonyl (C=O) groups is 1. The Morgan fingerprint density at radius 3 is 3.06 bits per heavy atom. The van der Waals surface area contributed by atoms with Gasteiger partial charge in [-0.05, 0) is 40.2 Å². The summed E-state index contributed by atoms with van der Waals surface area (Å²) in [6.07, 6.45) is 0.967. The van der Waals surface area contributed by atoms with Gasteiger partial charge in [0.1, 0.15) is 0 Å². The van der Waals surface area contributed by atoms with E-state index >= 15 is 0 Å². The molecule has 0 spiro atoms. The van der Waals surface area contributed by atoms with Crippen LogP contribution < -0.4 is 5.32 Å². The molecule has 5 heteroatoms. The molecule has 86 valence electrons. The van der Waals surface area contributed by atoms with Crippen molar-refractivity contribution in [2.24, 2.45) is 5.92 Å². The van der Waals surface area contributed by atoms with Crippen LogP contribution >= 0.6 is 39.3 Å². The minimum Gasteiger partial charge on any atom is -0.325 e. The maximum atomic E-state index is 11.9. The summed E-state index contributed by atoms with van der Waals surface area (Å²) < 4.78 is 0.746. The average molecular weight is 321 g/mol. The molecule has 2 nitrogen and oxygen atoms in total. The van der Waals surface area contributed by atoms with Gasteiger partial charge in [0.05, 0.1) is 15.2 Å². The first-order chi connectivity index (χ1) is 7.68.